The van der Waals surface area contributed by atoms with Gasteiger partial charge in [0.05, 0.1) is 19.9 Å². The van der Waals surface area contributed by atoms with Crippen molar-refractivity contribution in [2.24, 2.45) is 0 Å². The SMILES string of the molecule is COc1ccc(NC(=O)C(=O)Nc2ccc(N3CCCCC3)cc2)c(OC)c1. The van der Waals surface area contributed by atoms with Crippen molar-refractivity contribution >= 4 is 28.9 Å². The van der Waals surface area contributed by atoms with E-state index in [1.807, 2.05) is 24.3 Å². The first-order chi connectivity index (χ1) is 13.6. The van der Waals surface area contributed by atoms with Crippen molar-refractivity contribution in [2.45, 2.75) is 19.3 Å². The van der Waals surface area contributed by atoms with Crippen LogP contribution in [0.1, 0.15) is 19.3 Å². The lowest BCUT2D eigenvalue weighted by Crippen LogP contribution is -2.30. The van der Waals surface area contributed by atoms with E-state index < -0.39 is 11.8 Å². The summed E-state index contributed by atoms with van der Waals surface area (Å²) in [5, 5.41) is 5.17. The number of ether oxygens (including phenoxy) is 2. The normalized spacial score (nSPS) is 13.6. The van der Waals surface area contributed by atoms with Crippen LogP contribution in [0.5, 0.6) is 11.5 Å². The van der Waals surface area contributed by atoms with E-state index in [-0.39, 0.29) is 0 Å². The van der Waals surface area contributed by atoms with E-state index in [1.54, 1.807) is 18.2 Å². The number of anilines is 3. The minimum atomic E-state index is -0.774. The van der Waals surface area contributed by atoms with Gasteiger partial charge < -0.3 is 25.0 Å². The van der Waals surface area contributed by atoms with Gasteiger partial charge in [-0.15, -0.1) is 0 Å². The van der Waals surface area contributed by atoms with Gasteiger partial charge in [-0.3, -0.25) is 9.59 Å². The molecule has 148 valence electrons. The quantitative estimate of drug-likeness (QED) is 0.775. The van der Waals surface area contributed by atoms with Crippen LogP contribution in [0.3, 0.4) is 0 Å². The van der Waals surface area contributed by atoms with Gasteiger partial charge in [-0.2, -0.15) is 0 Å². The molecule has 1 saturated heterocycles. The molecule has 0 aromatic heterocycles. The molecular formula is C21H25N3O4. The van der Waals surface area contributed by atoms with Crippen molar-refractivity contribution in [1.29, 1.82) is 0 Å². The highest BCUT2D eigenvalue weighted by atomic mass is 16.5. The average Bonchev–Trinajstić information content (AvgIpc) is 2.75. The average molecular weight is 383 g/mol. The second-order valence-electron chi connectivity index (χ2n) is 6.57. The lowest BCUT2D eigenvalue weighted by atomic mass is 10.1. The summed E-state index contributed by atoms with van der Waals surface area (Å²) in [6.07, 6.45) is 3.68. The lowest BCUT2D eigenvalue weighted by molar-refractivity contribution is -0.133. The maximum absolute atomic E-state index is 12.2. The minimum absolute atomic E-state index is 0.392. The fourth-order valence-corrected chi connectivity index (χ4v) is 3.18. The van der Waals surface area contributed by atoms with E-state index >= 15 is 0 Å². The molecule has 1 heterocycles. The predicted molar refractivity (Wildman–Crippen MR) is 109 cm³/mol. The van der Waals surface area contributed by atoms with E-state index in [9.17, 15) is 9.59 Å². The second-order valence-corrected chi connectivity index (χ2v) is 6.57. The van der Waals surface area contributed by atoms with Crippen LogP contribution in [-0.4, -0.2) is 39.1 Å². The summed E-state index contributed by atoms with van der Waals surface area (Å²) in [7, 11) is 3.02. The van der Waals surface area contributed by atoms with Gasteiger partial charge in [-0.05, 0) is 55.7 Å². The molecule has 1 aliphatic rings. The van der Waals surface area contributed by atoms with E-state index in [0.29, 0.717) is 22.9 Å². The topological polar surface area (TPSA) is 79.9 Å². The number of rotatable bonds is 5. The molecule has 3 rings (SSSR count). The molecule has 7 nitrogen and oxygen atoms in total. The molecule has 2 amide bonds. The summed E-state index contributed by atoms with van der Waals surface area (Å²) in [5.41, 5.74) is 2.09. The van der Waals surface area contributed by atoms with Crippen LogP contribution < -0.4 is 25.0 Å². The molecule has 0 atom stereocenters. The summed E-state index contributed by atoms with van der Waals surface area (Å²) in [6.45, 7) is 2.11. The predicted octanol–water partition coefficient (Wildman–Crippen LogP) is 3.27. The molecule has 0 bridgehead atoms. The van der Waals surface area contributed by atoms with Gasteiger partial charge in [0.1, 0.15) is 11.5 Å². The molecule has 0 radical (unpaired) electrons. The van der Waals surface area contributed by atoms with Crippen molar-refractivity contribution in [3.05, 3.63) is 42.5 Å². The summed E-state index contributed by atoms with van der Waals surface area (Å²) >= 11 is 0. The number of methoxy groups -OCH3 is 2. The Bertz CT molecular complexity index is 830. The van der Waals surface area contributed by atoms with Crippen LogP contribution in [-0.2, 0) is 9.59 Å². The molecular weight excluding hydrogens is 358 g/mol. The Hall–Kier alpha value is -3.22. The van der Waals surface area contributed by atoms with Crippen LogP contribution in [0.4, 0.5) is 17.1 Å². The van der Waals surface area contributed by atoms with Gasteiger partial charge in [-0.25, -0.2) is 0 Å². The van der Waals surface area contributed by atoms with Gasteiger partial charge in [0.2, 0.25) is 0 Å². The minimum Gasteiger partial charge on any atom is -0.497 e. The summed E-state index contributed by atoms with van der Waals surface area (Å²) in [6, 6.07) is 12.5. The van der Waals surface area contributed by atoms with Crippen LogP contribution in [0.15, 0.2) is 42.5 Å². The number of amides is 2. The van der Waals surface area contributed by atoms with E-state index in [2.05, 4.69) is 15.5 Å². The largest absolute Gasteiger partial charge is 0.497 e. The molecule has 0 unspecified atom stereocenters. The van der Waals surface area contributed by atoms with Crippen LogP contribution in [0.2, 0.25) is 0 Å². The van der Waals surface area contributed by atoms with Crippen molar-refractivity contribution in [2.75, 3.05) is 42.8 Å². The highest BCUT2D eigenvalue weighted by Gasteiger charge is 2.17. The van der Waals surface area contributed by atoms with E-state index in [1.165, 1.54) is 33.5 Å². The second kappa shape index (κ2) is 9.12. The maximum atomic E-state index is 12.2. The lowest BCUT2D eigenvalue weighted by Gasteiger charge is -2.28. The summed E-state index contributed by atoms with van der Waals surface area (Å²) < 4.78 is 10.3. The Labute approximate surface area is 164 Å². The molecule has 2 N–H and O–H groups in total. The number of carbonyl (C=O) groups is 2. The van der Waals surface area contributed by atoms with Crippen LogP contribution >= 0.6 is 0 Å². The molecule has 0 aliphatic carbocycles. The number of nitrogens with one attached hydrogen (secondary N) is 2. The van der Waals surface area contributed by atoms with Crippen LogP contribution in [0, 0.1) is 0 Å². The summed E-state index contributed by atoms with van der Waals surface area (Å²) in [4.78, 5) is 26.8. The first-order valence-corrected chi connectivity index (χ1v) is 9.30. The van der Waals surface area contributed by atoms with E-state index in [4.69, 9.17) is 9.47 Å². The van der Waals surface area contributed by atoms with Crippen molar-refractivity contribution < 1.29 is 19.1 Å². The fraction of sp³-hybridized carbons (Fsp3) is 0.333. The molecule has 2 aromatic rings. The van der Waals surface area contributed by atoms with Gasteiger partial charge in [0.25, 0.3) is 0 Å². The molecule has 7 heteroatoms. The van der Waals surface area contributed by atoms with Crippen molar-refractivity contribution in [3.63, 3.8) is 0 Å². The number of carbonyl (C=O) groups excluding carboxylic acids is 2. The first-order valence-electron chi connectivity index (χ1n) is 9.30. The molecule has 28 heavy (non-hydrogen) atoms. The number of piperidine rings is 1. The molecule has 1 fully saturated rings. The third-order valence-corrected chi connectivity index (χ3v) is 4.71. The monoisotopic (exact) mass is 383 g/mol. The highest BCUT2D eigenvalue weighted by Crippen LogP contribution is 2.29. The zero-order valence-electron chi connectivity index (χ0n) is 16.2. The highest BCUT2D eigenvalue weighted by molar-refractivity contribution is 6.43. The van der Waals surface area contributed by atoms with Gasteiger partial charge in [-0.1, -0.05) is 0 Å². The van der Waals surface area contributed by atoms with Gasteiger partial charge >= 0.3 is 11.8 Å². The summed E-state index contributed by atoms with van der Waals surface area (Å²) in [5.74, 6) is -0.522. The third kappa shape index (κ3) is 4.73. The standard InChI is InChI=1S/C21H25N3O4/c1-27-17-10-11-18(19(14-17)28-2)23-21(26)20(25)22-15-6-8-16(9-7-15)24-12-4-3-5-13-24/h6-11,14H,3-5,12-13H2,1-2H3,(H,22,25)(H,23,26). The van der Waals surface area contributed by atoms with Gasteiger partial charge in [0, 0.05) is 30.5 Å². The Kier molecular flexibility index (Phi) is 6.37. The third-order valence-electron chi connectivity index (χ3n) is 4.71. The number of hydrogen-bond acceptors (Lipinski definition) is 5. The fourth-order valence-electron chi connectivity index (χ4n) is 3.18. The van der Waals surface area contributed by atoms with Gasteiger partial charge in [0.15, 0.2) is 0 Å². The Morgan fingerprint density at radius 1 is 0.857 bits per heavy atom. The first kappa shape index (κ1) is 19.5. The molecule has 2 aromatic carbocycles. The molecule has 0 spiro atoms. The Morgan fingerprint density at radius 3 is 2.18 bits per heavy atom. The Morgan fingerprint density at radius 2 is 1.54 bits per heavy atom. The zero-order valence-corrected chi connectivity index (χ0v) is 16.2. The smallest absolute Gasteiger partial charge is 0.314 e. The molecule has 1 aliphatic heterocycles. The molecule has 0 saturated carbocycles. The van der Waals surface area contributed by atoms with Crippen molar-refractivity contribution in [3.8, 4) is 11.5 Å². The van der Waals surface area contributed by atoms with Crippen LogP contribution in [0.25, 0.3) is 0 Å². The maximum Gasteiger partial charge on any atom is 0.314 e. The number of benzene rings is 2. The van der Waals surface area contributed by atoms with E-state index in [0.717, 1.165) is 18.8 Å². The Balaban J connectivity index is 1.60. The van der Waals surface area contributed by atoms with Crippen molar-refractivity contribution in [1.82, 2.24) is 0 Å². The number of hydrogen-bond donors (Lipinski definition) is 2. The zero-order chi connectivity index (χ0) is 19.9. The number of nitrogens with zero attached hydrogens (tertiary/aromatic N) is 1.